The molecule has 2 aliphatic heterocycles. The van der Waals surface area contributed by atoms with Crippen molar-refractivity contribution in [2.45, 2.75) is 37.1 Å². The maximum atomic E-state index is 14.9. The van der Waals surface area contributed by atoms with Gasteiger partial charge in [0.2, 0.25) is 5.91 Å². The number of hydrogen-bond donors (Lipinski definition) is 1. The highest BCUT2D eigenvalue weighted by atomic mass is 32.2. The van der Waals surface area contributed by atoms with Crippen LogP contribution >= 0.6 is 0 Å². The van der Waals surface area contributed by atoms with E-state index in [1.165, 1.54) is 29.4 Å². The Morgan fingerprint density at radius 2 is 2.03 bits per heavy atom. The Morgan fingerprint density at radius 1 is 1.24 bits per heavy atom. The highest BCUT2D eigenvalue weighted by Gasteiger charge is 2.46. The lowest BCUT2D eigenvalue weighted by atomic mass is 9.95. The van der Waals surface area contributed by atoms with E-state index in [4.69, 9.17) is 4.74 Å². The molecule has 0 saturated carbocycles. The number of carbonyl (C=O) groups excluding carboxylic acids is 1. The second kappa shape index (κ2) is 8.82. The normalized spacial score (nSPS) is 22.8. The van der Waals surface area contributed by atoms with Crippen LogP contribution in [-0.4, -0.2) is 41.2 Å². The Hall–Kier alpha value is -3.48. The number of imidazole rings is 1. The summed E-state index contributed by atoms with van der Waals surface area (Å²) in [5.74, 6) is -1.93. The van der Waals surface area contributed by atoms with Crippen LogP contribution in [0.4, 0.5) is 23.2 Å². The van der Waals surface area contributed by atoms with E-state index in [-0.39, 0.29) is 36.0 Å². The summed E-state index contributed by atoms with van der Waals surface area (Å²) in [6.07, 6.45) is 0.585. The van der Waals surface area contributed by atoms with Gasteiger partial charge in [-0.25, -0.2) is 22.8 Å². The van der Waals surface area contributed by atoms with Gasteiger partial charge in [0, 0.05) is 12.3 Å². The zero-order valence-corrected chi connectivity index (χ0v) is 20.4. The molecule has 8 nitrogen and oxygen atoms in total. The van der Waals surface area contributed by atoms with E-state index in [0.717, 1.165) is 18.2 Å². The zero-order valence-electron chi connectivity index (χ0n) is 19.5. The first-order valence-corrected chi connectivity index (χ1v) is 13.1. The molecule has 0 bridgehead atoms. The molecule has 196 valence electrons. The molecule has 1 aromatic carbocycles. The van der Waals surface area contributed by atoms with E-state index in [1.807, 2.05) is 0 Å². The number of amides is 1. The summed E-state index contributed by atoms with van der Waals surface area (Å²) in [5.41, 5.74) is 0.0198. The number of hydrogen-bond acceptors (Lipinski definition) is 6. The summed E-state index contributed by atoms with van der Waals surface area (Å²) >= 11 is 0. The van der Waals surface area contributed by atoms with E-state index in [0.29, 0.717) is 24.1 Å². The number of sulfone groups is 1. The minimum Gasteiger partial charge on any atom is -0.492 e. The molecule has 1 saturated heterocycles. The molecule has 13 heteroatoms. The first-order chi connectivity index (χ1) is 17.4. The number of pyridine rings is 1. The van der Waals surface area contributed by atoms with Gasteiger partial charge in [-0.2, -0.15) is 13.2 Å². The van der Waals surface area contributed by atoms with Crippen molar-refractivity contribution in [3.8, 4) is 11.6 Å². The van der Waals surface area contributed by atoms with Crippen LogP contribution in [0.1, 0.15) is 36.6 Å². The number of nitrogens with one attached hydrogen (secondary N) is 1. The number of aromatic nitrogens is 3. The van der Waals surface area contributed by atoms with Crippen molar-refractivity contribution in [2.75, 3.05) is 17.7 Å². The molecule has 1 amide bonds. The van der Waals surface area contributed by atoms with Crippen molar-refractivity contribution in [3.05, 3.63) is 65.6 Å². The lowest BCUT2D eigenvalue weighted by Crippen LogP contribution is -2.32. The Bertz CT molecular complexity index is 1490. The number of fused-ring (bicyclic) bond motifs is 1. The highest BCUT2D eigenvalue weighted by Crippen LogP contribution is 2.40. The van der Waals surface area contributed by atoms with Gasteiger partial charge in [0.1, 0.15) is 23.4 Å². The minimum atomic E-state index is -4.50. The molecule has 3 aromatic rings. The molecule has 5 rings (SSSR count). The van der Waals surface area contributed by atoms with E-state index < -0.39 is 44.0 Å². The van der Waals surface area contributed by atoms with Crippen LogP contribution in [0.25, 0.3) is 5.82 Å². The molecule has 4 heterocycles. The van der Waals surface area contributed by atoms with Gasteiger partial charge in [-0.1, -0.05) is 6.07 Å². The lowest BCUT2D eigenvalue weighted by Gasteiger charge is -2.25. The number of carbonyl (C=O) groups is 1. The van der Waals surface area contributed by atoms with E-state index >= 15 is 0 Å². The van der Waals surface area contributed by atoms with Gasteiger partial charge in [0.25, 0.3) is 0 Å². The van der Waals surface area contributed by atoms with Crippen LogP contribution in [0.5, 0.6) is 5.75 Å². The third kappa shape index (κ3) is 4.56. The average molecular weight is 539 g/mol. The number of nitrogens with zero attached hydrogens (tertiary/aromatic N) is 3. The lowest BCUT2D eigenvalue weighted by molar-refractivity contribution is -0.137. The predicted molar refractivity (Wildman–Crippen MR) is 124 cm³/mol. The number of halogens is 4. The van der Waals surface area contributed by atoms with Gasteiger partial charge in [-0.3, -0.25) is 9.36 Å². The molecule has 1 fully saturated rings. The van der Waals surface area contributed by atoms with Crippen molar-refractivity contribution in [1.82, 2.24) is 14.5 Å². The summed E-state index contributed by atoms with van der Waals surface area (Å²) in [4.78, 5) is 21.0. The van der Waals surface area contributed by atoms with Gasteiger partial charge in [0.15, 0.2) is 21.5 Å². The average Bonchev–Trinajstić information content (AvgIpc) is 3.43. The predicted octanol–water partition coefficient (Wildman–Crippen LogP) is 4.04. The molecule has 2 aliphatic rings. The second-order valence-electron chi connectivity index (χ2n) is 9.37. The Balaban J connectivity index is 1.28. The second-order valence-corrected chi connectivity index (χ2v) is 11.9. The van der Waals surface area contributed by atoms with Crippen molar-refractivity contribution < 1.29 is 35.5 Å². The smallest absolute Gasteiger partial charge is 0.416 e. The standard InChI is InChI=1S/C24H22F4N4O4S/c1-23(5-2-6-37(23,34)35)20-11-32(13-30-20)21-18(25)9-17(10-29-21)31-22(33)15-7-14-3-4-16(24(26,27)28)8-19(14)36-12-15/h3-4,8-11,13,15H,2,5-7,12H2,1H3,(H,31,33)/t15-,23+/m0/s1. The Kier molecular flexibility index (Phi) is 6.00. The van der Waals surface area contributed by atoms with Crippen LogP contribution in [0.2, 0.25) is 0 Å². The summed E-state index contributed by atoms with van der Waals surface area (Å²) < 4.78 is 84.1. The van der Waals surface area contributed by atoms with E-state index in [9.17, 15) is 30.8 Å². The van der Waals surface area contributed by atoms with Crippen LogP contribution in [0, 0.1) is 11.7 Å². The molecule has 2 atom stereocenters. The van der Waals surface area contributed by atoms with Gasteiger partial charge in [-0.15, -0.1) is 0 Å². The number of benzene rings is 1. The minimum absolute atomic E-state index is 0.0730. The molecular formula is C24H22F4N4O4S. The van der Waals surface area contributed by atoms with Crippen molar-refractivity contribution >= 4 is 21.4 Å². The summed E-state index contributed by atoms with van der Waals surface area (Å²) in [6, 6.07) is 4.20. The molecular weight excluding hydrogens is 516 g/mol. The third-order valence-corrected chi connectivity index (χ3v) is 9.50. The van der Waals surface area contributed by atoms with Gasteiger partial charge < -0.3 is 10.1 Å². The van der Waals surface area contributed by atoms with E-state index in [1.54, 1.807) is 6.92 Å². The third-order valence-electron chi connectivity index (χ3n) is 6.88. The molecule has 0 aliphatic carbocycles. The van der Waals surface area contributed by atoms with Crippen molar-refractivity contribution in [1.29, 1.82) is 0 Å². The fourth-order valence-corrected chi connectivity index (χ4v) is 6.48. The monoisotopic (exact) mass is 538 g/mol. The zero-order chi connectivity index (χ0) is 26.6. The quantitative estimate of drug-likeness (QED) is 0.503. The number of rotatable bonds is 4. The van der Waals surface area contributed by atoms with Crippen LogP contribution in [0.3, 0.4) is 0 Å². The largest absolute Gasteiger partial charge is 0.492 e. The van der Waals surface area contributed by atoms with Crippen molar-refractivity contribution in [2.24, 2.45) is 5.92 Å². The topological polar surface area (TPSA) is 103 Å². The summed E-state index contributed by atoms with van der Waals surface area (Å²) in [7, 11) is -3.37. The first-order valence-electron chi connectivity index (χ1n) is 11.4. The number of anilines is 1. The summed E-state index contributed by atoms with van der Waals surface area (Å²) in [5, 5.41) is 2.56. The molecule has 0 radical (unpaired) electrons. The van der Waals surface area contributed by atoms with Crippen molar-refractivity contribution in [3.63, 3.8) is 0 Å². The highest BCUT2D eigenvalue weighted by molar-refractivity contribution is 7.92. The molecule has 1 N–H and O–H groups in total. The van der Waals surface area contributed by atoms with Gasteiger partial charge >= 0.3 is 6.18 Å². The van der Waals surface area contributed by atoms with E-state index in [2.05, 4.69) is 15.3 Å². The molecule has 2 aromatic heterocycles. The summed E-state index contributed by atoms with van der Waals surface area (Å²) in [6.45, 7) is 1.47. The van der Waals surface area contributed by atoms with Gasteiger partial charge in [0.05, 0.1) is 34.8 Å². The first kappa shape index (κ1) is 25.2. The van der Waals surface area contributed by atoms with Crippen LogP contribution < -0.4 is 10.1 Å². The number of ether oxygens (including phenoxy) is 1. The fourth-order valence-electron chi connectivity index (χ4n) is 4.63. The van der Waals surface area contributed by atoms with Crippen LogP contribution in [-0.2, 0) is 32.0 Å². The molecule has 37 heavy (non-hydrogen) atoms. The Labute approximate surface area is 209 Å². The molecule has 0 spiro atoms. The fraction of sp³-hybridized carbons (Fsp3) is 0.375. The SMILES string of the molecule is C[C@]1(c2cn(-c3ncc(NC(=O)[C@@H]4COc5cc(C(F)(F)F)ccc5C4)cc3F)cn2)CCCS1(=O)=O. The maximum Gasteiger partial charge on any atom is 0.416 e. The maximum absolute atomic E-state index is 14.9. The number of alkyl halides is 3. The Morgan fingerprint density at radius 3 is 2.70 bits per heavy atom. The van der Waals surface area contributed by atoms with Gasteiger partial charge in [-0.05, 0) is 43.9 Å². The van der Waals surface area contributed by atoms with Crippen LogP contribution in [0.15, 0.2) is 43.0 Å². The molecule has 0 unspecified atom stereocenters.